The van der Waals surface area contributed by atoms with Crippen molar-refractivity contribution >= 4 is 11.6 Å². The molecule has 0 spiro atoms. The average Bonchev–Trinajstić information content (AvgIpc) is 2.90. The van der Waals surface area contributed by atoms with E-state index in [2.05, 4.69) is 15.6 Å². The van der Waals surface area contributed by atoms with Crippen LogP contribution < -0.4 is 10.6 Å². The summed E-state index contributed by atoms with van der Waals surface area (Å²) in [6.07, 6.45) is 5.03. The molecule has 21 heavy (non-hydrogen) atoms. The standard InChI is InChI=1S/C14H16F2N4O/c1-9(7-20-4-3-18-8-20)19-14(21)10-5-11(15)13(17-2)12(16)6-10/h3-6,8-9,17H,7H2,1-2H3,(H,19,21). The minimum atomic E-state index is -0.801. The van der Waals surface area contributed by atoms with Crippen LogP contribution in [-0.4, -0.2) is 28.5 Å². The Balaban J connectivity index is 2.06. The van der Waals surface area contributed by atoms with E-state index >= 15 is 0 Å². The van der Waals surface area contributed by atoms with Crippen LogP contribution in [0.2, 0.25) is 0 Å². The number of imidazole rings is 1. The number of rotatable bonds is 5. The monoisotopic (exact) mass is 294 g/mol. The van der Waals surface area contributed by atoms with Crippen LogP contribution in [0.4, 0.5) is 14.5 Å². The molecule has 0 radical (unpaired) electrons. The van der Waals surface area contributed by atoms with Gasteiger partial charge in [0, 0.05) is 37.6 Å². The van der Waals surface area contributed by atoms with Gasteiger partial charge in [-0.2, -0.15) is 0 Å². The van der Waals surface area contributed by atoms with Gasteiger partial charge in [0.25, 0.3) is 5.91 Å². The molecule has 1 aromatic heterocycles. The first-order valence-electron chi connectivity index (χ1n) is 6.44. The maximum absolute atomic E-state index is 13.6. The second-order valence-electron chi connectivity index (χ2n) is 4.70. The van der Waals surface area contributed by atoms with Crippen LogP contribution >= 0.6 is 0 Å². The molecule has 1 atom stereocenters. The Labute approximate surface area is 121 Å². The molecular weight excluding hydrogens is 278 g/mol. The molecule has 0 aliphatic heterocycles. The number of benzene rings is 1. The van der Waals surface area contributed by atoms with Crippen molar-refractivity contribution < 1.29 is 13.6 Å². The summed E-state index contributed by atoms with van der Waals surface area (Å²) in [5.41, 5.74) is -0.306. The number of hydrogen-bond acceptors (Lipinski definition) is 3. The van der Waals surface area contributed by atoms with Crippen molar-refractivity contribution in [1.82, 2.24) is 14.9 Å². The fraction of sp³-hybridized carbons (Fsp3) is 0.286. The highest BCUT2D eigenvalue weighted by molar-refractivity contribution is 5.94. The molecule has 1 aromatic carbocycles. The first kappa shape index (κ1) is 15.0. The number of anilines is 1. The van der Waals surface area contributed by atoms with Crippen molar-refractivity contribution in [2.45, 2.75) is 19.5 Å². The topological polar surface area (TPSA) is 59.0 Å². The molecule has 0 aliphatic carbocycles. The first-order valence-corrected chi connectivity index (χ1v) is 6.44. The number of hydrogen-bond donors (Lipinski definition) is 2. The van der Waals surface area contributed by atoms with Crippen LogP contribution in [0.3, 0.4) is 0 Å². The average molecular weight is 294 g/mol. The van der Waals surface area contributed by atoms with Crippen LogP contribution in [0.25, 0.3) is 0 Å². The molecule has 0 saturated carbocycles. The summed E-state index contributed by atoms with van der Waals surface area (Å²) in [4.78, 5) is 15.9. The van der Waals surface area contributed by atoms with Gasteiger partial charge >= 0.3 is 0 Å². The molecule has 112 valence electrons. The largest absolute Gasteiger partial charge is 0.383 e. The predicted molar refractivity (Wildman–Crippen MR) is 75.1 cm³/mol. The molecule has 2 rings (SSSR count). The van der Waals surface area contributed by atoms with Crippen molar-refractivity contribution in [1.29, 1.82) is 0 Å². The Kier molecular flexibility index (Phi) is 4.52. The Morgan fingerprint density at radius 1 is 1.38 bits per heavy atom. The molecular formula is C14H16F2N4O. The second kappa shape index (κ2) is 6.34. The molecule has 2 aromatic rings. The van der Waals surface area contributed by atoms with Gasteiger partial charge in [0.15, 0.2) is 0 Å². The van der Waals surface area contributed by atoms with Crippen LogP contribution in [0.1, 0.15) is 17.3 Å². The molecule has 1 amide bonds. The highest BCUT2D eigenvalue weighted by Crippen LogP contribution is 2.20. The van der Waals surface area contributed by atoms with E-state index in [1.165, 1.54) is 7.05 Å². The van der Waals surface area contributed by atoms with E-state index in [0.29, 0.717) is 6.54 Å². The predicted octanol–water partition coefficient (Wildman–Crippen LogP) is 2.02. The Morgan fingerprint density at radius 3 is 2.57 bits per heavy atom. The summed E-state index contributed by atoms with van der Waals surface area (Å²) < 4.78 is 29.0. The Bertz CT molecular complexity index is 605. The smallest absolute Gasteiger partial charge is 0.251 e. The summed E-state index contributed by atoms with van der Waals surface area (Å²) in [5, 5.41) is 5.09. The van der Waals surface area contributed by atoms with Crippen molar-refractivity contribution in [2.75, 3.05) is 12.4 Å². The lowest BCUT2D eigenvalue weighted by Gasteiger charge is -2.15. The number of halogens is 2. The van der Waals surface area contributed by atoms with Gasteiger partial charge in [-0.3, -0.25) is 4.79 Å². The van der Waals surface area contributed by atoms with Gasteiger partial charge < -0.3 is 15.2 Å². The van der Waals surface area contributed by atoms with Crippen LogP contribution in [0.5, 0.6) is 0 Å². The van der Waals surface area contributed by atoms with Crippen molar-refractivity contribution in [3.05, 3.63) is 48.1 Å². The van der Waals surface area contributed by atoms with Crippen LogP contribution in [0, 0.1) is 11.6 Å². The van der Waals surface area contributed by atoms with Gasteiger partial charge in [0.1, 0.15) is 17.3 Å². The summed E-state index contributed by atoms with van der Waals surface area (Å²) >= 11 is 0. The highest BCUT2D eigenvalue weighted by Gasteiger charge is 2.16. The molecule has 7 heteroatoms. The number of nitrogens with zero attached hydrogens (tertiary/aromatic N) is 2. The lowest BCUT2D eigenvalue weighted by Crippen LogP contribution is -2.35. The van der Waals surface area contributed by atoms with E-state index in [4.69, 9.17) is 0 Å². The molecule has 0 fully saturated rings. The van der Waals surface area contributed by atoms with E-state index in [-0.39, 0.29) is 17.3 Å². The normalized spacial score (nSPS) is 12.0. The molecule has 1 heterocycles. The minimum Gasteiger partial charge on any atom is -0.383 e. The van der Waals surface area contributed by atoms with Gasteiger partial charge in [-0.05, 0) is 19.1 Å². The van der Waals surface area contributed by atoms with E-state index < -0.39 is 17.5 Å². The van der Waals surface area contributed by atoms with Gasteiger partial charge in [-0.1, -0.05) is 0 Å². The van der Waals surface area contributed by atoms with Gasteiger partial charge in [0.2, 0.25) is 0 Å². The SMILES string of the molecule is CNc1c(F)cc(C(=O)NC(C)Cn2ccnc2)cc1F. The van der Waals surface area contributed by atoms with E-state index in [9.17, 15) is 13.6 Å². The van der Waals surface area contributed by atoms with Crippen molar-refractivity contribution in [3.63, 3.8) is 0 Å². The van der Waals surface area contributed by atoms with E-state index in [0.717, 1.165) is 12.1 Å². The van der Waals surface area contributed by atoms with Crippen molar-refractivity contribution in [3.8, 4) is 0 Å². The number of carbonyl (C=O) groups is 1. The van der Waals surface area contributed by atoms with Gasteiger partial charge in [0.05, 0.1) is 6.33 Å². The molecule has 2 N–H and O–H groups in total. The quantitative estimate of drug-likeness (QED) is 0.887. The molecule has 1 unspecified atom stereocenters. The lowest BCUT2D eigenvalue weighted by atomic mass is 10.1. The molecule has 0 saturated heterocycles. The molecule has 5 nitrogen and oxygen atoms in total. The summed E-state index contributed by atoms with van der Waals surface area (Å²) in [5.74, 6) is -2.13. The van der Waals surface area contributed by atoms with E-state index in [1.807, 2.05) is 0 Å². The van der Waals surface area contributed by atoms with Gasteiger partial charge in [-0.25, -0.2) is 13.8 Å². The number of amides is 1. The maximum atomic E-state index is 13.6. The number of carbonyl (C=O) groups excluding carboxylic acids is 1. The zero-order chi connectivity index (χ0) is 15.4. The van der Waals surface area contributed by atoms with Crippen LogP contribution in [-0.2, 0) is 6.54 Å². The third-order valence-corrected chi connectivity index (χ3v) is 2.98. The molecule has 0 aliphatic rings. The lowest BCUT2D eigenvalue weighted by molar-refractivity contribution is 0.0936. The zero-order valence-electron chi connectivity index (χ0n) is 11.7. The van der Waals surface area contributed by atoms with Crippen LogP contribution in [0.15, 0.2) is 30.9 Å². The number of aromatic nitrogens is 2. The highest BCUT2D eigenvalue weighted by atomic mass is 19.1. The Hall–Kier alpha value is -2.44. The summed E-state index contributed by atoms with van der Waals surface area (Å²) in [6.45, 7) is 2.32. The van der Waals surface area contributed by atoms with E-state index in [1.54, 1.807) is 30.2 Å². The summed E-state index contributed by atoms with van der Waals surface area (Å²) in [7, 11) is 1.41. The summed E-state index contributed by atoms with van der Waals surface area (Å²) in [6, 6.07) is 1.81. The third kappa shape index (κ3) is 3.56. The second-order valence-corrected chi connectivity index (χ2v) is 4.70. The number of nitrogens with one attached hydrogen (secondary N) is 2. The third-order valence-electron chi connectivity index (χ3n) is 2.98. The molecule has 0 bridgehead atoms. The minimum absolute atomic E-state index is 0.0542. The maximum Gasteiger partial charge on any atom is 0.251 e. The van der Waals surface area contributed by atoms with Crippen molar-refractivity contribution in [2.24, 2.45) is 0 Å². The Morgan fingerprint density at radius 2 is 2.05 bits per heavy atom. The zero-order valence-corrected chi connectivity index (χ0v) is 11.7. The first-order chi connectivity index (χ1) is 10.0. The van der Waals surface area contributed by atoms with Gasteiger partial charge in [-0.15, -0.1) is 0 Å². The fourth-order valence-corrected chi connectivity index (χ4v) is 2.01. The fourth-order valence-electron chi connectivity index (χ4n) is 2.01.